The van der Waals surface area contributed by atoms with E-state index >= 15 is 0 Å². The molecule has 1 fully saturated rings. The maximum absolute atomic E-state index is 12.1. The first-order chi connectivity index (χ1) is 20.1. The molecule has 0 saturated carbocycles. The molecule has 9 nitrogen and oxygen atoms in total. The van der Waals surface area contributed by atoms with Gasteiger partial charge in [-0.15, -0.1) is 0 Å². The minimum Gasteiger partial charge on any atom is -0.481 e. The van der Waals surface area contributed by atoms with E-state index in [1.54, 1.807) is 6.33 Å². The number of pyridine rings is 1. The maximum Gasteiger partial charge on any atom is 0.308 e. The molecule has 0 bridgehead atoms. The van der Waals surface area contributed by atoms with Crippen LogP contribution in [0.5, 0.6) is 0 Å². The van der Waals surface area contributed by atoms with E-state index in [9.17, 15) is 9.90 Å². The van der Waals surface area contributed by atoms with Gasteiger partial charge in [-0.1, -0.05) is 31.2 Å². The molecule has 214 valence electrons. The van der Waals surface area contributed by atoms with Gasteiger partial charge in [0.25, 0.3) is 0 Å². The number of rotatable bonds is 10. The number of nitrogens with zero attached hydrogens (tertiary/aromatic N) is 4. The van der Waals surface area contributed by atoms with Gasteiger partial charge in [-0.05, 0) is 68.2 Å². The van der Waals surface area contributed by atoms with Crippen molar-refractivity contribution >= 4 is 34.3 Å². The number of aromatic amines is 1. The van der Waals surface area contributed by atoms with Gasteiger partial charge in [-0.2, -0.15) is 0 Å². The highest BCUT2D eigenvalue weighted by atomic mass is 16.4. The van der Waals surface area contributed by atoms with Gasteiger partial charge in [-0.3, -0.25) is 4.79 Å². The molecule has 1 atom stereocenters. The summed E-state index contributed by atoms with van der Waals surface area (Å²) >= 11 is 0. The molecule has 0 aliphatic carbocycles. The van der Waals surface area contributed by atoms with Crippen LogP contribution in [0.2, 0.25) is 0 Å². The van der Waals surface area contributed by atoms with Crippen LogP contribution in [-0.4, -0.2) is 57.2 Å². The number of benzene rings is 1. The van der Waals surface area contributed by atoms with Gasteiger partial charge in [0, 0.05) is 60.5 Å². The Bertz CT molecular complexity index is 1510. The normalized spacial score (nSPS) is 16.3. The van der Waals surface area contributed by atoms with E-state index in [2.05, 4.69) is 55.6 Å². The molecular formula is C32H39N7O2. The molecule has 2 aliphatic rings. The average Bonchev–Trinajstić information content (AvgIpc) is 3.43. The fraction of sp³-hybridized carbons (Fsp3) is 0.438. The smallest absolute Gasteiger partial charge is 0.308 e. The average molecular weight is 554 g/mol. The fourth-order valence-corrected chi connectivity index (χ4v) is 6.31. The van der Waals surface area contributed by atoms with Crippen molar-refractivity contribution < 1.29 is 9.90 Å². The number of carbonyl (C=O) groups is 1. The van der Waals surface area contributed by atoms with Gasteiger partial charge < -0.3 is 25.6 Å². The second-order valence-corrected chi connectivity index (χ2v) is 11.2. The molecule has 4 aromatic rings. The first-order valence-electron chi connectivity index (χ1n) is 14.9. The van der Waals surface area contributed by atoms with Crippen LogP contribution in [0.4, 0.5) is 17.5 Å². The zero-order chi connectivity index (χ0) is 28.2. The summed E-state index contributed by atoms with van der Waals surface area (Å²) in [7, 11) is 0. The number of hydrogen-bond donors (Lipinski definition) is 4. The quantitative estimate of drug-likeness (QED) is 0.206. The number of nitrogens with one attached hydrogen (secondary N) is 3. The van der Waals surface area contributed by atoms with Crippen molar-refractivity contribution in [3.63, 3.8) is 0 Å². The lowest BCUT2D eigenvalue weighted by atomic mass is 9.92. The predicted octanol–water partition coefficient (Wildman–Crippen LogP) is 5.40. The standard InChI is InChI=1S/C32H39N7O2/c1-2-25-30(35-19-24(32(40)41)10-9-23-18-34-28-8-4-3-7-26(23)28)36-20-37-31(25)39-16-13-21(14-17-39)27-12-11-22-6-5-15-33-29(22)38-27/h3-4,7-8,11-12,18,20-21,24,34H,2,5-6,9-10,13-17,19H2,1H3,(H,33,38)(H,40,41)(H,35,36,37)/t24-/m0/s1. The fourth-order valence-electron chi connectivity index (χ4n) is 6.31. The molecule has 2 aliphatic heterocycles. The van der Waals surface area contributed by atoms with Crippen LogP contribution in [0.25, 0.3) is 10.9 Å². The molecule has 0 unspecified atom stereocenters. The van der Waals surface area contributed by atoms with E-state index in [0.717, 1.165) is 84.8 Å². The Hall–Kier alpha value is -4.14. The lowest BCUT2D eigenvalue weighted by Gasteiger charge is -2.34. The van der Waals surface area contributed by atoms with Crippen LogP contribution in [0.15, 0.2) is 48.9 Å². The highest BCUT2D eigenvalue weighted by Gasteiger charge is 2.26. The monoisotopic (exact) mass is 553 g/mol. The van der Waals surface area contributed by atoms with Crippen molar-refractivity contribution in [1.82, 2.24) is 19.9 Å². The first-order valence-corrected chi connectivity index (χ1v) is 14.9. The topological polar surface area (TPSA) is 119 Å². The molecule has 4 N–H and O–H groups in total. The van der Waals surface area contributed by atoms with Crippen LogP contribution in [0.3, 0.4) is 0 Å². The van der Waals surface area contributed by atoms with Crippen LogP contribution in [-0.2, 0) is 24.1 Å². The van der Waals surface area contributed by atoms with Crippen LogP contribution in [0.1, 0.15) is 60.9 Å². The van der Waals surface area contributed by atoms with Crippen molar-refractivity contribution in [3.05, 3.63) is 71.3 Å². The van der Waals surface area contributed by atoms with Gasteiger partial charge in [0.2, 0.25) is 0 Å². The summed E-state index contributed by atoms with van der Waals surface area (Å²) in [4.78, 5) is 32.0. The van der Waals surface area contributed by atoms with E-state index in [0.29, 0.717) is 25.3 Å². The zero-order valence-electron chi connectivity index (χ0n) is 23.7. The molecule has 1 aromatic carbocycles. The van der Waals surface area contributed by atoms with E-state index < -0.39 is 11.9 Å². The highest BCUT2D eigenvalue weighted by Crippen LogP contribution is 2.33. The number of aliphatic carboxylic acids is 1. The maximum atomic E-state index is 12.1. The summed E-state index contributed by atoms with van der Waals surface area (Å²) in [6.07, 6.45) is 9.92. The molecule has 6 rings (SSSR count). The molecule has 0 amide bonds. The summed E-state index contributed by atoms with van der Waals surface area (Å²) in [5.74, 6) is 1.88. The Labute approximate surface area is 240 Å². The Balaban J connectivity index is 1.09. The molecule has 41 heavy (non-hydrogen) atoms. The molecule has 0 radical (unpaired) electrons. The van der Waals surface area contributed by atoms with Crippen molar-refractivity contribution in [3.8, 4) is 0 Å². The zero-order valence-corrected chi connectivity index (χ0v) is 23.7. The van der Waals surface area contributed by atoms with Crippen LogP contribution >= 0.6 is 0 Å². The SMILES string of the molecule is CCc1c(NC[C@H](CCc2c[nH]c3ccccc23)C(=O)O)ncnc1N1CCC(c2ccc3c(n2)NCCC3)CC1. The summed E-state index contributed by atoms with van der Waals surface area (Å²) in [5.41, 5.74) is 5.78. The van der Waals surface area contributed by atoms with Crippen molar-refractivity contribution in [2.75, 3.05) is 41.7 Å². The van der Waals surface area contributed by atoms with Gasteiger partial charge in [0.1, 0.15) is 23.8 Å². The number of fused-ring (bicyclic) bond motifs is 2. The van der Waals surface area contributed by atoms with E-state index in [4.69, 9.17) is 4.98 Å². The van der Waals surface area contributed by atoms with Crippen molar-refractivity contribution in [2.45, 2.75) is 57.8 Å². The third-order valence-corrected chi connectivity index (χ3v) is 8.71. The molecule has 0 spiro atoms. The molecular weight excluding hydrogens is 514 g/mol. The lowest BCUT2D eigenvalue weighted by Crippen LogP contribution is -2.35. The van der Waals surface area contributed by atoms with Crippen LogP contribution in [0, 0.1) is 5.92 Å². The second-order valence-electron chi connectivity index (χ2n) is 11.2. The van der Waals surface area contributed by atoms with Gasteiger partial charge in [0.05, 0.1) is 5.92 Å². The number of para-hydroxylation sites is 1. The number of aromatic nitrogens is 4. The van der Waals surface area contributed by atoms with E-state index in [-0.39, 0.29) is 0 Å². The Morgan fingerprint density at radius 3 is 2.85 bits per heavy atom. The third-order valence-electron chi connectivity index (χ3n) is 8.71. The number of piperidine rings is 1. The van der Waals surface area contributed by atoms with E-state index in [1.807, 2.05) is 24.4 Å². The van der Waals surface area contributed by atoms with E-state index in [1.165, 1.54) is 17.7 Å². The first kappa shape index (κ1) is 27.1. The largest absolute Gasteiger partial charge is 0.481 e. The Morgan fingerprint density at radius 2 is 2.02 bits per heavy atom. The van der Waals surface area contributed by atoms with Crippen molar-refractivity contribution in [2.24, 2.45) is 5.92 Å². The molecule has 1 saturated heterocycles. The minimum absolute atomic E-state index is 0.321. The van der Waals surface area contributed by atoms with Gasteiger partial charge in [-0.25, -0.2) is 15.0 Å². The van der Waals surface area contributed by atoms with Crippen molar-refractivity contribution in [1.29, 1.82) is 0 Å². The predicted molar refractivity (Wildman–Crippen MR) is 163 cm³/mol. The number of aryl methyl sites for hydroxylation is 2. The lowest BCUT2D eigenvalue weighted by molar-refractivity contribution is -0.141. The summed E-state index contributed by atoms with van der Waals surface area (Å²) in [6.45, 7) is 5.24. The summed E-state index contributed by atoms with van der Waals surface area (Å²) in [5, 5.41) is 18.0. The Kier molecular flexibility index (Phi) is 8.02. The van der Waals surface area contributed by atoms with Gasteiger partial charge >= 0.3 is 5.97 Å². The van der Waals surface area contributed by atoms with Crippen LogP contribution < -0.4 is 15.5 Å². The number of carboxylic acid groups (broad SMARTS) is 1. The number of carboxylic acids is 1. The number of H-pyrrole nitrogens is 1. The summed E-state index contributed by atoms with van der Waals surface area (Å²) < 4.78 is 0. The molecule has 3 aromatic heterocycles. The number of hydrogen-bond acceptors (Lipinski definition) is 7. The van der Waals surface area contributed by atoms with Gasteiger partial charge in [0.15, 0.2) is 0 Å². The second kappa shape index (κ2) is 12.2. The molecule has 9 heteroatoms. The Morgan fingerprint density at radius 1 is 1.17 bits per heavy atom. The minimum atomic E-state index is -0.794. The number of anilines is 3. The summed E-state index contributed by atoms with van der Waals surface area (Å²) in [6, 6.07) is 12.6. The highest BCUT2D eigenvalue weighted by molar-refractivity contribution is 5.83. The third kappa shape index (κ3) is 5.85. The molecule has 5 heterocycles.